The molecule has 3 N–H and O–H groups in total. The molecule has 1 aromatic heterocycles. The number of alkyl halides is 3. The average molecular weight is 295 g/mol. The van der Waals surface area contributed by atoms with Crippen LogP contribution in [-0.4, -0.2) is 16.0 Å². The van der Waals surface area contributed by atoms with Gasteiger partial charge in [0.2, 0.25) is 0 Å². The van der Waals surface area contributed by atoms with Gasteiger partial charge in [0, 0.05) is 11.6 Å². The summed E-state index contributed by atoms with van der Waals surface area (Å²) in [5.41, 5.74) is 6.57. The minimum atomic E-state index is -4.36. The van der Waals surface area contributed by atoms with Crippen molar-refractivity contribution in [2.45, 2.75) is 26.1 Å². The van der Waals surface area contributed by atoms with E-state index in [0.717, 1.165) is 17.7 Å². The van der Waals surface area contributed by atoms with Gasteiger partial charge in [-0.15, -0.1) is 0 Å². The van der Waals surface area contributed by atoms with Crippen molar-refractivity contribution in [3.63, 3.8) is 0 Å². The lowest BCUT2D eigenvalue weighted by atomic mass is 10.2. The van der Waals surface area contributed by atoms with Crippen LogP contribution in [-0.2, 0) is 6.18 Å². The average Bonchev–Trinajstić information content (AvgIpc) is 2.80. The fourth-order valence-corrected chi connectivity index (χ4v) is 1.89. The topological polar surface area (TPSA) is 54.7 Å². The number of nitrogens with zero attached hydrogens (tertiary/aromatic N) is 1. The third-order valence-corrected chi connectivity index (χ3v) is 2.97. The Labute approximate surface area is 120 Å². The molecule has 0 radical (unpaired) electrons. The lowest BCUT2D eigenvalue weighted by molar-refractivity contribution is -0.137. The van der Waals surface area contributed by atoms with Crippen molar-refractivity contribution in [1.82, 2.24) is 9.97 Å². The quantitative estimate of drug-likeness (QED) is 0.844. The van der Waals surface area contributed by atoms with Crippen LogP contribution in [0.5, 0.6) is 0 Å². The van der Waals surface area contributed by atoms with Gasteiger partial charge in [0.25, 0.3) is 0 Å². The molecular weight excluding hydrogens is 279 g/mol. The van der Waals surface area contributed by atoms with Gasteiger partial charge in [-0.3, -0.25) is 0 Å². The van der Waals surface area contributed by atoms with Gasteiger partial charge < -0.3 is 10.7 Å². The van der Waals surface area contributed by atoms with E-state index in [2.05, 4.69) is 9.97 Å². The van der Waals surface area contributed by atoms with E-state index in [0.29, 0.717) is 16.9 Å². The highest BCUT2D eigenvalue weighted by atomic mass is 19.4. The molecule has 2 aromatic rings. The minimum Gasteiger partial charge on any atom is -0.338 e. The molecule has 0 bridgehead atoms. The van der Waals surface area contributed by atoms with E-state index in [1.165, 1.54) is 6.07 Å². The summed E-state index contributed by atoms with van der Waals surface area (Å²) in [6, 6.07) is 3.34. The van der Waals surface area contributed by atoms with Crippen LogP contribution in [0.1, 0.15) is 25.2 Å². The summed E-state index contributed by atoms with van der Waals surface area (Å²) >= 11 is 0. The Balaban J connectivity index is 2.43. The molecule has 0 saturated heterocycles. The van der Waals surface area contributed by atoms with Crippen LogP contribution < -0.4 is 5.73 Å². The summed E-state index contributed by atoms with van der Waals surface area (Å²) in [6.45, 7) is 3.66. The van der Waals surface area contributed by atoms with Crippen molar-refractivity contribution in [2.75, 3.05) is 0 Å². The molecule has 0 aliphatic heterocycles. The summed E-state index contributed by atoms with van der Waals surface area (Å²) in [5.74, 6) is 0.517. The molecular formula is C15H16F3N3. The normalized spacial score (nSPS) is 15.0. The number of nitrogens with one attached hydrogen (secondary N) is 1. The highest BCUT2D eigenvalue weighted by Gasteiger charge is 2.30. The number of H-pyrrole nitrogens is 1. The van der Waals surface area contributed by atoms with Gasteiger partial charge in [0.1, 0.15) is 5.82 Å². The zero-order chi connectivity index (χ0) is 15.6. The van der Waals surface area contributed by atoms with Gasteiger partial charge >= 0.3 is 6.18 Å². The van der Waals surface area contributed by atoms with Crippen molar-refractivity contribution in [3.8, 4) is 0 Å². The van der Waals surface area contributed by atoms with Crippen LogP contribution in [0.25, 0.3) is 16.6 Å². The molecule has 2 rings (SSSR count). The Bertz CT molecular complexity index is 694. The minimum absolute atomic E-state index is 0.110. The van der Waals surface area contributed by atoms with Crippen molar-refractivity contribution in [3.05, 3.63) is 47.8 Å². The van der Waals surface area contributed by atoms with Gasteiger partial charge in [0.05, 0.1) is 16.6 Å². The molecule has 0 aliphatic carbocycles. The number of hydrogen-bond donors (Lipinski definition) is 2. The Kier molecular flexibility index (Phi) is 4.18. The Morgan fingerprint density at radius 1 is 1.38 bits per heavy atom. The number of aromatic nitrogens is 2. The van der Waals surface area contributed by atoms with E-state index in [1.54, 1.807) is 12.2 Å². The van der Waals surface area contributed by atoms with E-state index in [-0.39, 0.29) is 6.04 Å². The molecule has 0 saturated carbocycles. The maximum Gasteiger partial charge on any atom is 0.416 e. The maximum atomic E-state index is 12.7. The van der Waals surface area contributed by atoms with Crippen LogP contribution in [0.15, 0.2) is 36.4 Å². The van der Waals surface area contributed by atoms with Crippen LogP contribution in [0.4, 0.5) is 13.2 Å². The number of fused-ring (bicyclic) bond motifs is 1. The molecule has 1 atom stereocenters. The fourth-order valence-electron chi connectivity index (χ4n) is 1.89. The second-order valence-electron chi connectivity index (χ2n) is 4.78. The third-order valence-electron chi connectivity index (χ3n) is 2.97. The van der Waals surface area contributed by atoms with Gasteiger partial charge in [-0.1, -0.05) is 18.2 Å². The highest BCUT2D eigenvalue weighted by molar-refractivity contribution is 5.81. The van der Waals surface area contributed by atoms with Crippen molar-refractivity contribution >= 4 is 16.6 Å². The Hall–Kier alpha value is -2.08. The van der Waals surface area contributed by atoms with Crippen molar-refractivity contribution < 1.29 is 13.2 Å². The second kappa shape index (κ2) is 5.73. The van der Waals surface area contributed by atoms with E-state index in [1.807, 2.05) is 19.9 Å². The van der Waals surface area contributed by atoms with E-state index >= 15 is 0 Å². The number of rotatable bonds is 3. The molecule has 0 aliphatic rings. The summed E-state index contributed by atoms with van der Waals surface area (Å²) in [5, 5.41) is 0. The summed E-state index contributed by atoms with van der Waals surface area (Å²) in [6.07, 6.45) is 1.05. The van der Waals surface area contributed by atoms with E-state index < -0.39 is 11.7 Å². The number of benzene rings is 1. The van der Waals surface area contributed by atoms with Crippen LogP contribution in [0, 0.1) is 0 Å². The summed E-state index contributed by atoms with van der Waals surface area (Å²) in [4.78, 5) is 7.21. The highest BCUT2D eigenvalue weighted by Crippen LogP contribution is 2.31. The molecule has 0 spiro atoms. The zero-order valence-electron chi connectivity index (χ0n) is 11.7. The molecule has 21 heavy (non-hydrogen) atoms. The van der Waals surface area contributed by atoms with Gasteiger partial charge in [-0.05, 0) is 32.0 Å². The Morgan fingerprint density at radius 3 is 2.67 bits per heavy atom. The monoisotopic (exact) mass is 295 g/mol. The molecule has 3 nitrogen and oxygen atoms in total. The van der Waals surface area contributed by atoms with E-state index in [4.69, 9.17) is 5.73 Å². The SMILES string of the molecule is C/C=C(\C=C/C(C)N)c1nc2ccc(C(F)(F)F)cc2[nH]1. The van der Waals surface area contributed by atoms with Crippen LogP contribution in [0.2, 0.25) is 0 Å². The number of nitrogens with two attached hydrogens (primary N) is 1. The molecule has 0 fully saturated rings. The molecule has 6 heteroatoms. The molecule has 1 unspecified atom stereocenters. The first-order chi connectivity index (χ1) is 9.81. The summed E-state index contributed by atoms with van der Waals surface area (Å²) < 4.78 is 38.1. The number of aromatic amines is 1. The van der Waals surface area contributed by atoms with Gasteiger partial charge in [0.15, 0.2) is 0 Å². The lowest BCUT2D eigenvalue weighted by Gasteiger charge is -2.05. The summed E-state index contributed by atoms with van der Waals surface area (Å²) in [7, 11) is 0. The molecule has 0 amide bonds. The fraction of sp³-hybridized carbons (Fsp3) is 0.267. The Morgan fingerprint density at radius 2 is 2.10 bits per heavy atom. The van der Waals surface area contributed by atoms with Crippen molar-refractivity contribution in [2.24, 2.45) is 5.73 Å². The predicted octanol–water partition coefficient (Wildman–Crippen LogP) is 3.89. The first-order valence-electron chi connectivity index (χ1n) is 6.48. The van der Waals surface area contributed by atoms with Crippen LogP contribution in [0.3, 0.4) is 0 Å². The standard InChI is InChI=1S/C15H16F3N3/c1-3-10(5-4-9(2)19)14-20-12-7-6-11(15(16,17)18)8-13(12)21-14/h3-9H,19H2,1-2H3,(H,20,21)/b5-4-,10-3+. The van der Waals surface area contributed by atoms with E-state index in [9.17, 15) is 13.2 Å². The smallest absolute Gasteiger partial charge is 0.338 e. The van der Waals surface area contributed by atoms with Gasteiger partial charge in [-0.2, -0.15) is 13.2 Å². The molecule has 1 aromatic carbocycles. The first kappa shape index (κ1) is 15.3. The second-order valence-corrected chi connectivity index (χ2v) is 4.78. The first-order valence-corrected chi connectivity index (χ1v) is 6.48. The number of halogens is 3. The predicted molar refractivity (Wildman–Crippen MR) is 77.5 cm³/mol. The van der Waals surface area contributed by atoms with Crippen LogP contribution >= 0.6 is 0 Å². The lowest BCUT2D eigenvalue weighted by Crippen LogP contribution is -2.10. The number of hydrogen-bond acceptors (Lipinski definition) is 2. The third kappa shape index (κ3) is 3.52. The number of allylic oxidation sites excluding steroid dienone is 3. The largest absolute Gasteiger partial charge is 0.416 e. The number of imidazole rings is 1. The maximum absolute atomic E-state index is 12.7. The van der Waals surface area contributed by atoms with Gasteiger partial charge in [-0.25, -0.2) is 4.98 Å². The molecule has 1 heterocycles. The molecule has 112 valence electrons. The van der Waals surface area contributed by atoms with Crippen molar-refractivity contribution in [1.29, 1.82) is 0 Å². The zero-order valence-corrected chi connectivity index (χ0v) is 11.7.